The highest BCUT2D eigenvalue weighted by atomic mass is 16.3. The quantitative estimate of drug-likeness (QED) is 0.206. The summed E-state index contributed by atoms with van der Waals surface area (Å²) in [4.78, 5) is 11.1. The fourth-order valence-electron chi connectivity index (χ4n) is 8.38. The minimum Gasteiger partial charge on any atom is -0.456 e. The van der Waals surface area contributed by atoms with Crippen LogP contribution in [0, 0.1) is 0 Å². The van der Waals surface area contributed by atoms with Crippen LogP contribution in [0.5, 0.6) is 0 Å². The van der Waals surface area contributed by atoms with Crippen LogP contribution in [0.25, 0.3) is 44.5 Å². The second kappa shape index (κ2) is 9.12. The van der Waals surface area contributed by atoms with Crippen LogP contribution in [0.1, 0.15) is 46.1 Å². The normalized spacial score (nSPS) is 19.2. The van der Waals surface area contributed by atoms with Gasteiger partial charge in [0.25, 0.3) is 0 Å². The van der Waals surface area contributed by atoms with Crippen molar-refractivity contribution in [2.24, 2.45) is 0 Å². The molecule has 46 heavy (non-hydrogen) atoms. The fraction of sp³-hybridized carbons (Fsp3) is 0.0698. The lowest BCUT2D eigenvalue weighted by atomic mass is 9.47. The zero-order valence-corrected chi connectivity index (χ0v) is 25.2. The molecule has 0 spiro atoms. The van der Waals surface area contributed by atoms with E-state index in [0.717, 1.165) is 50.3 Å². The van der Waals surface area contributed by atoms with Crippen LogP contribution in [0.3, 0.4) is 0 Å². The third-order valence-electron chi connectivity index (χ3n) is 10.4. The SMILES string of the molecule is CC12c3ccccc3C(c3nc(-c4ccccc4)cc(-c4ccc5c(c4)oc4ccccc45)n3)(c3ccccc31)c1ccccc12. The zero-order chi connectivity index (χ0) is 30.5. The molecule has 2 heterocycles. The summed E-state index contributed by atoms with van der Waals surface area (Å²) in [6.45, 7) is 2.38. The Morgan fingerprint density at radius 3 is 1.57 bits per heavy atom. The van der Waals surface area contributed by atoms with E-state index in [1.807, 2.05) is 18.2 Å². The summed E-state index contributed by atoms with van der Waals surface area (Å²) in [5.41, 5.74) is 12.3. The van der Waals surface area contributed by atoms with Crippen LogP contribution < -0.4 is 0 Å². The van der Waals surface area contributed by atoms with Crippen molar-refractivity contribution in [2.75, 3.05) is 0 Å². The Hall–Kier alpha value is -5.80. The van der Waals surface area contributed by atoms with Gasteiger partial charge in [-0.05, 0) is 64.6 Å². The molecule has 0 N–H and O–H groups in total. The number of furan rings is 1. The Labute approximate surface area is 266 Å². The molecule has 3 aliphatic rings. The molecule has 0 fully saturated rings. The molecule has 2 bridgehead atoms. The first kappa shape index (κ1) is 25.5. The summed E-state index contributed by atoms with van der Waals surface area (Å²) >= 11 is 0. The van der Waals surface area contributed by atoms with Gasteiger partial charge in [0.15, 0.2) is 0 Å². The molecule has 2 aromatic heterocycles. The van der Waals surface area contributed by atoms with E-state index in [9.17, 15) is 0 Å². The highest BCUT2D eigenvalue weighted by Crippen LogP contribution is 2.63. The molecule has 0 unspecified atom stereocenters. The molecule has 216 valence electrons. The number of fused-ring (bicyclic) bond motifs is 3. The molecule has 8 aromatic rings. The van der Waals surface area contributed by atoms with Crippen LogP contribution in [0.2, 0.25) is 0 Å². The molecule has 3 heteroatoms. The molecule has 3 nitrogen and oxygen atoms in total. The van der Waals surface area contributed by atoms with E-state index >= 15 is 0 Å². The summed E-state index contributed by atoms with van der Waals surface area (Å²) < 4.78 is 6.33. The van der Waals surface area contributed by atoms with Crippen LogP contribution in [-0.4, -0.2) is 9.97 Å². The second-order valence-electron chi connectivity index (χ2n) is 12.6. The van der Waals surface area contributed by atoms with Gasteiger partial charge in [-0.3, -0.25) is 0 Å². The summed E-state index contributed by atoms with van der Waals surface area (Å²) in [6.07, 6.45) is 0. The van der Waals surface area contributed by atoms with E-state index in [2.05, 4.69) is 140 Å². The molecule has 6 aromatic carbocycles. The first-order valence-electron chi connectivity index (χ1n) is 15.8. The Balaban J connectivity index is 1.32. The maximum absolute atomic E-state index is 6.33. The van der Waals surface area contributed by atoms with E-state index in [1.165, 1.54) is 33.4 Å². The van der Waals surface area contributed by atoms with Gasteiger partial charge in [0.2, 0.25) is 0 Å². The van der Waals surface area contributed by atoms with Gasteiger partial charge in [-0.25, -0.2) is 9.97 Å². The molecule has 11 rings (SSSR count). The number of benzene rings is 6. The van der Waals surface area contributed by atoms with Crippen molar-refractivity contribution in [3.05, 3.63) is 191 Å². The average molecular weight is 589 g/mol. The molecular weight excluding hydrogens is 560 g/mol. The summed E-state index contributed by atoms with van der Waals surface area (Å²) in [6, 6.07) is 54.0. The summed E-state index contributed by atoms with van der Waals surface area (Å²) in [5, 5.41) is 2.22. The molecule has 0 radical (unpaired) electrons. The first-order valence-corrected chi connectivity index (χ1v) is 15.8. The van der Waals surface area contributed by atoms with Crippen LogP contribution in [0.15, 0.2) is 156 Å². The van der Waals surface area contributed by atoms with E-state index in [0.29, 0.717) is 0 Å². The van der Waals surface area contributed by atoms with Gasteiger partial charge in [0, 0.05) is 27.3 Å². The van der Waals surface area contributed by atoms with Crippen LogP contribution in [0.4, 0.5) is 0 Å². The van der Waals surface area contributed by atoms with Gasteiger partial charge in [-0.15, -0.1) is 0 Å². The average Bonchev–Trinajstić information content (AvgIpc) is 3.50. The van der Waals surface area contributed by atoms with Gasteiger partial charge in [-0.1, -0.05) is 127 Å². The Morgan fingerprint density at radius 2 is 0.935 bits per heavy atom. The van der Waals surface area contributed by atoms with Crippen molar-refractivity contribution < 1.29 is 4.42 Å². The molecule has 0 amide bonds. The molecule has 0 aliphatic heterocycles. The molecule has 3 aliphatic carbocycles. The van der Waals surface area contributed by atoms with Crippen molar-refractivity contribution in [2.45, 2.75) is 17.8 Å². The summed E-state index contributed by atoms with van der Waals surface area (Å²) in [5.74, 6) is 0.780. The second-order valence-corrected chi connectivity index (χ2v) is 12.6. The number of hydrogen-bond donors (Lipinski definition) is 0. The topological polar surface area (TPSA) is 38.9 Å². The van der Waals surface area contributed by atoms with Crippen molar-refractivity contribution >= 4 is 21.9 Å². The van der Waals surface area contributed by atoms with Crippen molar-refractivity contribution in [3.8, 4) is 22.5 Å². The number of aromatic nitrogens is 2. The predicted molar refractivity (Wildman–Crippen MR) is 184 cm³/mol. The highest BCUT2D eigenvalue weighted by molar-refractivity contribution is 6.05. The zero-order valence-electron chi connectivity index (χ0n) is 25.2. The van der Waals surface area contributed by atoms with Crippen molar-refractivity contribution in [3.63, 3.8) is 0 Å². The Kier molecular flexibility index (Phi) is 5.06. The minimum absolute atomic E-state index is 0.280. The third-order valence-corrected chi connectivity index (χ3v) is 10.4. The van der Waals surface area contributed by atoms with E-state index in [1.54, 1.807) is 0 Å². The van der Waals surface area contributed by atoms with Gasteiger partial charge < -0.3 is 4.42 Å². The highest BCUT2D eigenvalue weighted by Gasteiger charge is 2.58. The lowest BCUT2D eigenvalue weighted by molar-refractivity contribution is 0.515. The van der Waals surface area contributed by atoms with E-state index in [-0.39, 0.29) is 5.41 Å². The number of para-hydroxylation sites is 1. The monoisotopic (exact) mass is 588 g/mol. The summed E-state index contributed by atoms with van der Waals surface area (Å²) in [7, 11) is 0. The fourth-order valence-corrected chi connectivity index (χ4v) is 8.38. The maximum Gasteiger partial charge on any atom is 0.149 e. The number of rotatable bonds is 3. The Bertz CT molecular complexity index is 2390. The maximum atomic E-state index is 6.33. The van der Waals surface area contributed by atoms with Crippen LogP contribution in [-0.2, 0) is 10.8 Å². The lowest BCUT2D eigenvalue weighted by Gasteiger charge is -2.54. The Morgan fingerprint density at radius 1 is 0.435 bits per heavy atom. The minimum atomic E-state index is -0.690. The van der Waals surface area contributed by atoms with Gasteiger partial charge in [0.1, 0.15) is 22.4 Å². The predicted octanol–water partition coefficient (Wildman–Crippen LogP) is 10.1. The van der Waals surface area contributed by atoms with Gasteiger partial charge >= 0.3 is 0 Å². The third kappa shape index (κ3) is 3.17. The lowest BCUT2D eigenvalue weighted by Crippen LogP contribution is -2.50. The van der Waals surface area contributed by atoms with Crippen molar-refractivity contribution in [1.29, 1.82) is 0 Å². The molecular formula is C43H28N2O. The largest absolute Gasteiger partial charge is 0.456 e. The van der Waals surface area contributed by atoms with E-state index < -0.39 is 5.41 Å². The molecule has 0 saturated heterocycles. The molecule has 0 atom stereocenters. The molecule has 0 saturated carbocycles. The van der Waals surface area contributed by atoms with Gasteiger partial charge in [-0.2, -0.15) is 0 Å². The van der Waals surface area contributed by atoms with Crippen LogP contribution >= 0.6 is 0 Å². The van der Waals surface area contributed by atoms with E-state index in [4.69, 9.17) is 14.4 Å². The first-order chi connectivity index (χ1) is 22.7. The number of nitrogens with zero attached hydrogens (tertiary/aromatic N) is 2. The standard InChI is InChI=1S/C43H28N2O/c1-42-31-16-6-9-19-34(31)43(35-20-10-7-17-32(35)42,36-21-11-8-18-33(36)42)41-44-37(27-13-3-2-4-14-27)26-38(45-41)28-23-24-30-29-15-5-12-22-39(29)46-40(30)25-28/h2-26H,1H3. The smallest absolute Gasteiger partial charge is 0.149 e. The van der Waals surface area contributed by atoms with Crippen molar-refractivity contribution in [1.82, 2.24) is 9.97 Å². The number of hydrogen-bond acceptors (Lipinski definition) is 3. The van der Waals surface area contributed by atoms with Gasteiger partial charge in [0.05, 0.1) is 11.4 Å².